The van der Waals surface area contributed by atoms with Crippen LogP contribution in [0, 0.1) is 0 Å². The molecule has 18 heavy (non-hydrogen) atoms. The molecule has 0 amide bonds. The summed E-state index contributed by atoms with van der Waals surface area (Å²) < 4.78 is 0. The van der Waals surface area contributed by atoms with E-state index in [1.165, 1.54) is 31.0 Å². The van der Waals surface area contributed by atoms with Gasteiger partial charge in [-0.1, -0.05) is 23.4 Å². The molecule has 1 aliphatic rings. The summed E-state index contributed by atoms with van der Waals surface area (Å²) in [5, 5.41) is 2.07. The van der Waals surface area contributed by atoms with E-state index >= 15 is 0 Å². The SMILES string of the molecule is CSc1nc(Cl)cc(N2CCCC(SC)CC2)n1. The van der Waals surface area contributed by atoms with Crippen LogP contribution in [0.2, 0.25) is 5.15 Å². The zero-order valence-electron chi connectivity index (χ0n) is 10.7. The van der Waals surface area contributed by atoms with Crippen LogP contribution in [0.15, 0.2) is 11.2 Å². The molecule has 1 unspecified atom stereocenters. The maximum absolute atomic E-state index is 6.05. The lowest BCUT2D eigenvalue weighted by Crippen LogP contribution is -2.25. The van der Waals surface area contributed by atoms with E-state index < -0.39 is 0 Å². The fourth-order valence-corrected chi connectivity index (χ4v) is 3.52. The van der Waals surface area contributed by atoms with Crippen molar-refractivity contribution in [2.24, 2.45) is 0 Å². The van der Waals surface area contributed by atoms with E-state index in [1.807, 2.05) is 24.1 Å². The van der Waals surface area contributed by atoms with Gasteiger partial charge in [-0.15, -0.1) is 0 Å². The molecule has 0 aromatic carbocycles. The van der Waals surface area contributed by atoms with Crippen molar-refractivity contribution in [2.45, 2.75) is 29.7 Å². The number of nitrogens with zero attached hydrogens (tertiary/aromatic N) is 3. The molecule has 1 fully saturated rings. The first kappa shape index (κ1) is 14.3. The third-order valence-corrected chi connectivity index (χ3v) is 5.06. The highest BCUT2D eigenvalue weighted by Gasteiger charge is 2.18. The number of aromatic nitrogens is 2. The Morgan fingerprint density at radius 2 is 2.11 bits per heavy atom. The molecule has 2 heterocycles. The van der Waals surface area contributed by atoms with Gasteiger partial charge in [0.25, 0.3) is 0 Å². The summed E-state index contributed by atoms with van der Waals surface area (Å²) in [5.41, 5.74) is 0. The monoisotopic (exact) mass is 303 g/mol. The third kappa shape index (κ3) is 3.68. The molecule has 100 valence electrons. The van der Waals surface area contributed by atoms with Crippen LogP contribution < -0.4 is 4.90 Å². The van der Waals surface area contributed by atoms with Crippen molar-refractivity contribution < 1.29 is 0 Å². The molecule has 1 aromatic rings. The van der Waals surface area contributed by atoms with Gasteiger partial charge in [0.05, 0.1) is 0 Å². The van der Waals surface area contributed by atoms with Gasteiger partial charge in [0, 0.05) is 24.4 Å². The summed E-state index contributed by atoms with van der Waals surface area (Å²) in [6, 6.07) is 1.88. The number of hydrogen-bond acceptors (Lipinski definition) is 5. The van der Waals surface area contributed by atoms with Crippen LogP contribution in [-0.4, -0.2) is 40.8 Å². The molecule has 0 bridgehead atoms. The van der Waals surface area contributed by atoms with Crippen molar-refractivity contribution in [3.63, 3.8) is 0 Å². The number of halogens is 1. The Bertz CT molecular complexity index is 403. The Morgan fingerprint density at radius 1 is 1.28 bits per heavy atom. The van der Waals surface area contributed by atoms with E-state index in [-0.39, 0.29) is 0 Å². The lowest BCUT2D eigenvalue weighted by Gasteiger charge is -2.21. The normalized spacial score (nSPS) is 20.8. The van der Waals surface area contributed by atoms with Crippen molar-refractivity contribution >= 4 is 40.9 Å². The van der Waals surface area contributed by atoms with Crippen molar-refractivity contribution in [1.29, 1.82) is 0 Å². The summed E-state index contributed by atoms with van der Waals surface area (Å²) >= 11 is 9.56. The zero-order valence-corrected chi connectivity index (χ0v) is 13.1. The van der Waals surface area contributed by atoms with Crippen LogP contribution >= 0.6 is 35.1 Å². The van der Waals surface area contributed by atoms with Crippen molar-refractivity contribution in [3.8, 4) is 0 Å². The Labute approximate surface area is 122 Å². The lowest BCUT2D eigenvalue weighted by atomic mass is 10.2. The van der Waals surface area contributed by atoms with E-state index in [9.17, 15) is 0 Å². The molecule has 3 nitrogen and oxygen atoms in total. The Morgan fingerprint density at radius 3 is 2.83 bits per heavy atom. The van der Waals surface area contributed by atoms with E-state index in [0.717, 1.165) is 29.3 Å². The van der Waals surface area contributed by atoms with Gasteiger partial charge in [-0.3, -0.25) is 0 Å². The molecule has 1 saturated heterocycles. The van der Waals surface area contributed by atoms with E-state index in [2.05, 4.69) is 21.1 Å². The Kier molecular flexibility index (Phi) is 5.45. The van der Waals surface area contributed by atoms with Crippen LogP contribution in [0.4, 0.5) is 5.82 Å². The maximum Gasteiger partial charge on any atom is 0.190 e. The highest BCUT2D eigenvalue weighted by atomic mass is 35.5. The van der Waals surface area contributed by atoms with Gasteiger partial charge in [0.15, 0.2) is 5.16 Å². The van der Waals surface area contributed by atoms with Gasteiger partial charge in [-0.05, 0) is 31.8 Å². The molecule has 0 saturated carbocycles. The highest BCUT2D eigenvalue weighted by Crippen LogP contribution is 2.26. The number of thioether (sulfide) groups is 2. The molecule has 6 heteroatoms. The van der Waals surface area contributed by atoms with Gasteiger partial charge in [0.1, 0.15) is 11.0 Å². The summed E-state index contributed by atoms with van der Waals surface area (Å²) in [7, 11) is 0. The van der Waals surface area contributed by atoms with Gasteiger partial charge in [-0.25, -0.2) is 9.97 Å². The molecule has 1 aromatic heterocycles. The van der Waals surface area contributed by atoms with Crippen molar-refractivity contribution in [2.75, 3.05) is 30.5 Å². The summed E-state index contributed by atoms with van der Waals surface area (Å²) in [6.07, 6.45) is 7.92. The Hall–Kier alpha value is -0.130. The van der Waals surface area contributed by atoms with Gasteiger partial charge >= 0.3 is 0 Å². The summed E-state index contributed by atoms with van der Waals surface area (Å²) in [4.78, 5) is 11.1. The number of anilines is 1. The predicted octanol–water partition coefficient (Wildman–Crippen LogP) is 3.57. The zero-order chi connectivity index (χ0) is 13.0. The predicted molar refractivity (Wildman–Crippen MR) is 82.2 cm³/mol. The molecule has 0 spiro atoms. The summed E-state index contributed by atoms with van der Waals surface area (Å²) in [5.74, 6) is 0.973. The molecular weight excluding hydrogens is 286 g/mol. The summed E-state index contributed by atoms with van der Waals surface area (Å²) in [6.45, 7) is 2.13. The van der Waals surface area contributed by atoms with Crippen molar-refractivity contribution in [1.82, 2.24) is 9.97 Å². The first-order chi connectivity index (χ1) is 8.72. The minimum absolute atomic E-state index is 0.537. The molecule has 1 atom stereocenters. The lowest BCUT2D eigenvalue weighted by molar-refractivity contribution is 0.745. The second-order valence-corrected chi connectivity index (χ2v) is 6.61. The van der Waals surface area contributed by atoms with E-state index in [1.54, 1.807) is 0 Å². The standard InChI is InChI=1S/C12H18ClN3S2/c1-17-9-4-3-6-16(7-5-9)11-8-10(13)14-12(15-11)18-2/h8-9H,3-7H2,1-2H3. The first-order valence-electron chi connectivity index (χ1n) is 6.09. The molecule has 2 rings (SSSR count). The van der Waals surface area contributed by atoms with Crippen LogP contribution in [0.3, 0.4) is 0 Å². The average molecular weight is 304 g/mol. The number of hydrogen-bond donors (Lipinski definition) is 0. The van der Waals surface area contributed by atoms with E-state index in [4.69, 9.17) is 11.6 Å². The molecule has 0 N–H and O–H groups in total. The Balaban J connectivity index is 2.13. The largest absolute Gasteiger partial charge is 0.356 e. The van der Waals surface area contributed by atoms with Gasteiger partial charge < -0.3 is 4.90 Å². The van der Waals surface area contributed by atoms with Crippen LogP contribution in [0.25, 0.3) is 0 Å². The topological polar surface area (TPSA) is 29.0 Å². The molecule has 1 aliphatic heterocycles. The quantitative estimate of drug-likeness (QED) is 0.484. The first-order valence-corrected chi connectivity index (χ1v) is 8.98. The number of rotatable bonds is 3. The van der Waals surface area contributed by atoms with Crippen molar-refractivity contribution in [3.05, 3.63) is 11.2 Å². The minimum atomic E-state index is 0.537. The van der Waals surface area contributed by atoms with Crippen LogP contribution in [-0.2, 0) is 0 Å². The van der Waals surface area contributed by atoms with E-state index in [0.29, 0.717) is 5.15 Å². The average Bonchev–Trinajstić information content (AvgIpc) is 2.63. The minimum Gasteiger partial charge on any atom is -0.356 e. The third-order valence-electron chi connectivity index (χ3n) is 3.18. The maximum atomic E-state index is 6.05. The van der Waals surface area contributed by atoms with Gasteiger partial charge in [-0.2, -0.15) is 11.8 Å². The molecule has 0 radical (unpaired) electrons. The van der Waals surface area contributed by atoms with Crippen LogP contribution in [0.5, 0.6) is 0 Å². The fraction of sp³-hybridized carbons (Fsp3) is 0.667. The molecule has 0 aliphatic carbocycles. The van der Waals surface area contributed by atoms with Gasteiger partial charge in [0.2, 0.25) is 0 Å². The molecular formula is C12H18ClN3S2. The second-order valence-electron chi connectivity index (χ2n) is 4.31. The smallest absolute Gasteiger partial charge is 0.190 e. The highest BCUT2D eigenvalue weighted by molar-refractivity contribution is 7.99. The second kappa shape index (κ2) is 6.87. The fourth-order valence-electron chi connectivity index (χ4n) is 2.17. The van der Waals surface area contributed by atoms with Crippen LogP contribution in [0.1, 0.15) is 19.3 Å².